The Morgan fingerprint density at radius 2 is 2.12 bits per heavy atom. The fraction of sp³-hybridized carbons (Fsp3) is 0.286. The molecule has 0 saturated heterocycles. The molecule has 0 aliphatic rings. The van der Waals surface area contributed by atoms with Gasteiger partial charge in [0.2, 0.25) is 0 Å². The average Bonchev–Trinajstić information content (AvgIpc) is 2.78. The van der Waals surface area contributed by atoms with Gasteiger partial charge in [0.05, 0.1) is 0 Å². The topological polar surface area (TPSA) is 12.0 Å². The van der Waals surface area contributed by atoms with Crippen LogP contribution in [0.1, 0.15) is 18.2 Å². The lowest BCUT2D eigenvalue weighted by Crippen LogP contribution is -2.12. The predicted octanol–water partition coefficient (Wildman–Crippen LogP) is 4.68. The maximum absolute atomic E-state index is 3.51. The van der Waals surface area contributed by atoms with Crippen LogP contribution in [0.25, 0.3) is 10.4 Å². The SMILES string of the molecule is CCCNCc1ccc(-c2cccc(Br)c2)s1. The van der Waals surface area contributed by atoms with Crippen LogP contribution in [0, 0.1) is 0 Å². The molecule has 90 valence electrons. The molecule has 1 aromatic carbocycles. The van der Waals surface area contributed by atoms with E-state index in [2.05, 4.69) is 64.6 Å². The Balaban J connectivity index is 2.07. The van der Waals surface area contributed by atoms with Crippen LogP contribution in [0.4, 0.5) is 0 Å². The fourth-order valence-electron chi connectivity index (χ4n) is 1.66. The number of hydrogen-bond acceptors (Lipinski definition) is 2. The van der Waals surface area contributed by atoms with Crippen LogP contribution < -0.4 is 5.32 Å². The molecule has 0 aliphatic carbocycles. The molecule has 0 atom stereocenters. The summed E-state index contributed by atoms with van der Waals surface area (Å²) < 4.78 is 1.13. The van der Waals surface area contributed by atoms with E-state index in [1.165, 1.54) is 21.7 Å². The Morgan fingerprint density at radius 3 is 2.88 bits per heavy atom. The van der Waals surface area contributed by atoms with Crippen molar-refractivity contribution in [3.05, 3.63) is 45.7 Å². The van der Waals surface area contributed by atoms with Crippen molar-refractivity contribution in [2.24, 2.45) is 0 Å². The highest BCUT2D eigenvalue weighted by Crippen LogP contribution is 2.29. The molecule has 0 unspecified atom stereocenters. The smallest absolute Gasteiger partial charge is 0.0346 e. The van der Waals surface area contributed by atoms with Crippen molar-refractivity contribution in [1.82, 2.24) is 5.32 Å². The lowest BCUT2D eigenvalue weighted by atomic mass is 10.2. The molecule has 17 heavy (non-hydrogen) atoms. The highest BCUT2D eigenvalue weighted by atomic mass is 79.9. The minimum Gasteiger partial charge on any atom is -0.312 e. The van der Waals surface area contributed by atoms with Crippen molar-refractivity contribution < 1.29 is 0 Å². The van der Waals surface area contributed by atoms with Crippen LogP contribution in [-0.4, -0.2) is 6.54 Å². The Hall–Kier alpha value is -0.640. The molecular formula is C14H16BrNS. The summed E-state index contributed by atoms with van der Waals surface area (Å²) in [6.07, 6.45) is 1.18. The number of nitrogens with one attached hydrogen (secondary N) is 1. The normalized spacial score (nSPS) is 10.7. The summed E-state index contributed by atoms with van der Waals surface area (Å²) >= 11 is 5.37. The molecule has 0 spiro atoms. The average molecular weight is 310 g/mol. The van der Waals surface area contributed by atoms with Gasteiger partial charge in [0, 0.05) is 20.8 Å². The van der Waals surface area contributed by atoms with Crippen molar-refractivity contribution in [2.75, 3.05) is 6.54 Å². The van der Waals surface area contributed by atoms with Crippen LogP contribution in [0.5, 0.6) is 0 Å². The monoisotopic (exact) mass is 309 g/mol. The molecule has 3 heteroatoms. The van der Waals surface area contributed by atoms with Crippen molar-refractivity contribution in [1.29, 1.82) is 0 Å². The third kappa shape index (κ3) is 3.66. The molecule has 0 bridgehead atoms. The van der Waals surface area contributed by atoms with E-state index in [4.69, 9.17) is 0 Å². The Labute approximate surface area is 115 Å². The van der Waals surface area contributed by atoms with E-state index in [1.54, 1.807) is 0 Å². The van der Waals surface area contributed by atoms with Crippen LogP contribution >= 0.6 is 27.3 Å². The Kier molecular flexibility index (Phi) is 4.77. The van der Waals surface area contributed by atoms with Gasteiger partial charge in [-0.2, -0.15) is 0 Å². The summed E-state index contributed by atoms with van der Waals surface area (Å²) in [6, 6.07) is 12.9. The van der Waals surface area contributed by atoms with Crippen LogP contribution in [-0.2, 0) is 6.54 Å². The molecule has 0 amide bonds. The quantitative estimate of drug-likeness (QED) is 0.791. The van der Waals surface area contributed by atoms with Gasteiger partial charge in [-0.05, 0) is 42.8 Å². The zero-order chi connectivity index (χ0) is 12.1. The maximum Gasteiger partial charge on any atom is 0.0346 e. The molecule has 0 aliphatic heterocycles. The molecule has 1 nitrogen and oxygen atoms in total. The zero-order valence-electron chi connectivity index (χ0n) is 9.87. The summed E-state index contributed by atoms with van der Waals surface area (Å²) in [5, 5.41) is 3.43. The van der Waals surface area contributed by atoms with Gasteiger partial charge in [0.25, 0.3) is 0 Å². The molecular weight excluding hydrogens is 294 g/mol. The second-order valence-electron chi connectivity index (χ2n) is 3.95. The first-order valence-electron chi connectivity index (χ1n) is 5.85. The Morgan fingerprint density at radius 1 is 1.24 bits per heavy atom. The van der Waals surface area contributed by atoms with Crippen molar-refractivity contribution >= 4 is 27.3 Å². The Bertz CT molecular complexity index is 479. The second kappa shape index (κ2) is 6.34. The number of hydrogen-bond donors (Lipinski definition) is 1. The van der Waals surface area contributed by atoms with Gasteiger partial charge in [0.1, 0.15) is 0 Å². The summed E-state index contributed by atoms with van der Waals surface area (Å²) in [5.41, 5.74) is 1.28. The third-order valence-electron chi connectivity index (χ3n) is 2.50. The summed E-state index contributed by atoms with van der Waals surface area (Å²) in [5.74, 6) is 0. The van der Waals surface area contributed by atoms with Gasteiger partial charge in [-0.15, -0.1) is 11.3 Å². The molecule has 1 heterocycles. The van der Waals surface area contributed by atoms with Gasteiger partial charge in [0.15, 0.2) is 0 Å². The molecule has 1 aromatic heterocycles. The van der Waals surface area contributed by atoms with Crippen molar-refractivity contribution in [3.8, 4) is 10.4 Å². The predicted molar refractivity (Wildman–Crippen MR) is 79.5 cm³/mol. The van der Waals surface area contributed by atoms with Gasteiger partial charge in [-0.1, -0.05) is 35.0 Å². The number of benzene rings is 1. The third-order valence-corrected chi connectivity index (χ3v) is 4.12. The standard InChI is InChI=1S/C14H16BrNS/c1-2-8-16-10-13-6-7-14(17-13)11-4-3-5-12(15)9-11/h3-7,9,16H,2,8,10H2,1H3. The van der Waals surface area contributed by atoms with Crippen molar-refractivity contribution in [3.63, 3.8) is 0 Å². The summed E-state index contributed by atoms with van der Waals surface area (Å²) in [4.78, 5) is 2.73. The van der Waals surface area contributed by atoms with E-state index >= 15 is 0 Å². The van der Waals surface area contributed by atoms with E-state index < -0.39 is 0 Å². The minimum absolute atomic E-state index is 0.979. The van der Waals surface area contributed by atoms with E-state index in [-0.39, 0.29) is 0 Å². The lowest BCUT2D eigenvalue weighted by Gasteiger charge is -2.00. The van der Waals surface area contributed by atoms with E-state index in [0.717, 1.165) is 17.6 Å². The molecule has 0 fully saturated rings. The number of thiophene rings is 1. The van der Waals surface area contributed by atoms with Gasteiger partial charge >= 0.3 is 0 Å². The van der Waals surface area contributed by atoms with Crippen LogP contribution in [0.2, 0.25) is 0 Å². The fourth-order valence-corrected chi connectivity index (χ4v) is 3.03. The molecule has 2 aromatic rings. The van der Waals surface area contributed by atoms with Crippen LogP contribution in [0.3, 0.4) is 0 Å². The molecule has 0 radical (unpaired) electrons. The molecule has 2 rings (SSSR count). The number of rotatable bonds is 5. The summed E-state index contributed by atoms with van der Waals surface area (Å²) in [7, 11) is 0. The van der Waals surface area contributed by atoms with E-state index in [9.17, 15) is 0 Å². The van der Waals surface area contributed by atoms with Gasteiger partial charge < -0.3 is 5.32 Å². The highest BCUT2D eigenvalue weighted by molar-refractivity contribution is 9.10. The second-order valence-corrected chi connectivity index (χ2v) is 6.04. The first-order valence-corrected chi connectivity index (χ1v) is 7.46. The first-order chi connectivity index (χ1) is 8.29. The summed E-state index contributed by atoms with van der Waals surface area (Å²) in [6.45, 7) is 4.25. The number of halogens is 1. The minimum atomic E-state index is 0.979. The van der Waals surface area contributed by atoms with E-state index in [0.29, 0.717) is 0 Å². The first kappa shape index (κ1) is 12.8. The van der Waals surface area contributed by atoms with Gasteiger partial charge in [-0.3, -0.25) is 0 Å². The molecule has 0 saturated carbocycles. The van der Waals surface area contributed by atoms with Crippen molar-refractivity contribution in [2.45, 2.75) is 19.9 Å². The largest absolute Gasteiger partial charge is 0.312 e. The zero-order valence-corrected chi connectivity index (χ0v) is 12.3. The molecule has 1 N–H and O–H groups in total. The van der Waals surface area contributed by atoms with Gasteiger partial charge in [-0.25, -0.2) is 0 Å². The maximum atomic E-state index is 3.51. The highest BCUT2D eigenvalue weighted by Gasteiger charge is 2.02. The lowest BCUT2D eigenvalue weighted by molar-refractivity contribution is 0.681. The van der Waals surface area contributed by atoms with E-state index in [1.807, 2.05) is 11.3 Å². The van der Waals surface area contributed by atoms with Crippen LogP contribution in [0.15, 0.2) is 40.9 Å².